The Balaban J connectivity index is 1.79. The summed E-state index contributed by atoms with van der Waals surface area (Å²) in [5.41, 5.74) is 2.13. The molecule has 4 nitrogen and oxygen atoms in total. The fourth-order valence-corrected chi connectivity index (χ4v) is 2.92. The molecule has 122 valence electrons. The normalized spacial score (nSPS) is 18.1. The Morgan fingerprint density at radius 1 is 1.22 bits per heavy atom. The Morgan fingerprint density at radius 2 is 2.04 bits per heavy atom. The molecular formula is C19H26N4. The predicted octanol–water partition coefficient (Wildman–Crippen LogP) is 3.68. The highest BCUT2D eigenvalue weighted by atomic mass is 15.0. The monoisotopic (exact) mass is 310 g/mol. The molecule has 0 aliphatic carbocycles. The second-order valence-electron chi connectivity index (χ2n) is 6.61. The highest BCUT2D eigenvalue weighted by Gasteiger charge is 2.14. The standard InChI is InChI=1S/C19H26N4/c1-14(2)19-22-17(16-8-4-3-5-9-16)11-18(23-19)21-13-15-7-6-10-20-12-15/h3-5,8-9,11,14-15,20H,6-7,10,12-13H2,1-2H3,(H,21,22,23). The van der Waals surface area contributed by atoms with Gasteiger partial charge in [-0.25, -0.2) is 9.97 Å². The fourth-order valence-electron chi connectivity index (χ4n) is 2.92. The van der Waals surface area contributed by atoms with Crippen molar-refractivity contribution in [3.05, 3.63) is 42.2 Å². The lowest BCUT2D eigenvalue weighted by molar-refractivity contribution is 0.392. The molecule has 0 spiro atoms. The first kappa shape index (κ1) is 15.9. The Bertz CT molecular complexity index is 619. The number of aromatic nitrogens is 2. The van der Waals surface area contributed by atoms with Gasteiger partial charge in [0.05, 0.1) is 5.69 Å². The predicted molar refractivity (Wildman–Crippen MR) is 95.6 cm³/mol. The van der Waals surface area contributed by atoms with Crippen LogP contribution in [0.4, 0.5) is 5.82 Å². The summed E-state index contributed by atoms with van der Waals surface area (Å²) in [6.45, 7) is 7.49. The molecule has 23 heavy (non-hydrogen) atoms. The minimum Gasteiger partial charge on any atom is -0.370 e. The summed E-state index contributed by atoms with van der Waals surface area (Å²) in [5.74, 6) is 2.83. The number of hydrogen-bond donors (Lipinski definition) is 2. The highest BCUT2D eigenvalue weighted by Crippen LogP contribution is 2.23. The van der Waals surface area contributed by atoms with Crippen LogP contribution in [0.2, 0.25) is 0 Å². The van der Waals surface area contributed by atoms with Crippen LogP contribution >= 0.6 is 0 Å². The molecule has 1 aromatic carbocycles. The maximum absolute atomic E-state index is 4.73. The lowest BCUT2D eigenvalue weighted by atomic mass is 10.00. The molecule has 1 aliphatic rings. The van der Waals surface area contributed by atoms with E-state index in [4.69, 9.17) is 9.97 Å². The molecule has 2 aromatic rings. The van der Waals surface area contributed by atoms with Gasteiger partial charge in [-0.05, 0) is 31.8 Å². The van der Waals surface area contributed by atoms with Crippen molar-refractivity contribution < 1.29 is 0 Å². The van der Waals surface area contributed by atoms with Gasteiger partial charge in [0, 0.05) is 24.1 Å². The maximum atomic E-state index is 4.73. The van der Waals surface area contributed by atoms with E-state index in [0.717, 1.165) is 42.5 Å². The Labute approximate surface area is 138 Å². The van der Waals surface area contributed by atoms with Crippen molar-refractivity contribution in [1.82, 2.24) is 15.3 Å². The molecule has 1 fully saturated rings. The van der Waals surface area contributed by atoms with E-state index in [1.165, 1.54) is 12.8 Å². The Kier molecular flexibility index (Phi) is 5.23. The average Bonchev–Trinajstić information content (AvgIpc) is 2.61. The molecule has 1 atom stereocenters. The molecule has 1 aromatic heterocycles. The van der Waals surface area contributed by atoms with Crippen LogP contribution in [0.3, 0.4) is 0 Å². The van der Waals surface area contributed by atoms with Crippen LogP contribution in [0, 0.1) is 5.92 Å². The summed E-state index contributed by atoms with van der Waals surface area (Å²) in [5, 5.41) is 6.99. The van der Waals surface area contributed by atoms with E-state index >= 15 is 0 Å². The van der Waals surface area contributed by atoms with Crippen molar-refractivity contribution in [2.75, 3.05) is 25.0 Å². The second kappa shape index (κ2) is 7.55. The molecule has 2 heterocycles. The van der Waals surface area contributed by atoms with E-state index in [1.54, 1.807) is 0 Å². The van der Waals surface area contributed by atoms with E-state index in [1.807, 2.05) is 18.2 Å². The molecule has 1 unspecified atom stereocenters. The number of nitrogens with one attached hydrogen (secondary N) is 2. The SMILES string of the molecule is CC(C)c1nc(NCC2CCCNC2)cc(-c2ccccc2)n1. The van der Waals surface area contributed by atoms with E-state index in [9.17, 15) is 0 Å². The van der Waals surface area contributed by atoms with Gasteiger partial charge in [-0.3, -0.25) is 0 Å². The molecule has 0 saturated carbocycles. The number of rotatable bonds is 5. The van der Waals surface area contributed by atoms with Gasteiger partial charge < -0.3 is 10.6 Å². The molecule has 4 heteroatoms. The van der Waals surface area contributed by atoms with Gasteiger partial charge in [0.1, 0.15) is 11.6 Å². The summed E-state index contributed by atoms with van der Waals surface area (Å²) < 4.78 is 0. The van der Waals surface area contributed by atoms with Gasteiger partial charge in [0.15, 0.2) is 0 Å². The Hall–Kier alpha value is -1.94. The van der Waals surface area contributed by atoms with Crippen molar-refractivity contribution in [3.63, 3.8) is 0 Å². The molecular weight excluding hydrogens is 284 g/mol. The van der Waals surface area contributed by atoms with E-state index in [-0.39, 0.29) is 0 Å². The largest absolute Gasteiger partial charge is 0.370 e. The van der Waals surface area contributed by atoms with Gasteiger partial charge in [0.2, 0.25) is 0 Å². The lowest BCUT2D eigenvalue weighted by Crippen LogP contribution is -2.33. The quantitative estimate of drug-likeness (QED) is 0.884. The molecule has 2 N–H and O–H groups in total. The van der Waals surface area contributed by atoms with Crippen molar-refractivity contribution in [1.29, 1.82) is 0 Å². The van der Waals surface area contributed by atoms with Crippen molar-refractivity contribution in [2.45, 2.75) is 32.6 Å². The molecule has 0 radical (unpaired) electrons. The number of nitrogens with zero attached hydrogens (tertiary/aromatic N) is 2. The van der Waals surface area contributed by atoms with Crippen molar-refractivity contribution in [3.8, 4) is 11.3 Å². The lowest BCUT2D eigenvalue weighted by Gasteiger charge is -2.23. The highest BCUT2D eigenvalue weighted by molar-refractivity contribution is 5.62. The van der Waals surface area contributed by atoms with E-state index in [0.29, 0.717) is 11.8 Å². The summed E-state index contributed by atoms with van der Waals surface area (Å²) in [7, 11) is 0. The third-order valence-corrected chi connectivity index (χ3v) is 4.30. The van der Waals surface area contributed by atoms with Crippen LogP contribution < -0.4 is 10.6 Å². The third kappa shape index (κ3) is 4.29. The van der Waals surface area contributed by atoms with E-state index < -0.39 is 0 Å². The summed E-state index contributed by atoms with van der Waals surface area (Å²) in [4.78, 5) is 9.43. The van der Waals surface area contributed by atoms with Crippen LogP contribution in [-0.4, -0.2) is 29.6 Å². The number of piperidine rings is 1. The van der Waals surface area contributed by atoms with Crippen molar-refractivity contribution in [2.24, 2.45) is 5.92 Å². The first-order valence-electron chi connectivity index (χ1n) is 8.61. The third-order valence-electron chi connectivity index (χ3n) is 4.30. The molecule has 0 amide bonds. The zero-order valence-electron chi connectivity index (χ0n) is 14.0. The van der Waals surface area contributed by atoms with Gasteiger partial charge >= 0.3 is 0 Å². The first-order chi connectivity index (χ1) is 11.2. The second-order valence-corrected chi connectivity index (χ2v) is 6.61. The summed E-state index contributed by atoms with van der Waals surface area (Å²) >= 11 is 0. The van der Waals surface area contributed by atoms with Crippen LogP contribution in [0.15, 0.2) is 36.4 Å². The van der Waals surface area contributed by atoms with Gasteiger partial charge in [0.25, 0.3) is 0 Å². The first-order valence-corrected chi connectivity index (χ1v) is 8.61. The maximum Gasteiger partial charge on any atom is 0.133 e. The van der Waals surface area contributed by atoms with E-state index in [2.05, 4.69) is 42.7 Å². The summed E-state index contributed by atoms with van der Waals surface area (Å²) in [6.07, 6.45) is 2.55. The van der Waals surface area contributed by atoms with Crippen LogP contribution in [0.5, 0.6) is 0 Å². The topological polar surface area (TPSA) is 49.8 Å². The zero-order chi connectivity index (χ0) is 16.1. The molecule has 1 saturated heterocycles. The van der Waals surface area contributed by atoms with Gasteiger partial charge in [-0.15, -0.1) is 0 Å². The van der Waals surface area contributed by atoms with Gasteiger partial charge in [-0.2, -0.15) is 0 Å². The van der Waals surface area contributed by atoms with Crippen LogP contribution in [0.25, 0.3) is 11.3 Å². The van der Waals surface area contributed by atoms with Crippen LogP contribution in [0.1, 0.15) is 38.4 Å². The van der Waals surface area contributed by atoms with Crippen LogP contribution in [-0.2, 0) is 0 Å². The fraction of sp³-hybridized carbons (Fsp3) is 0.474. The molecule has 1 aliphatic heterocycles. The van der Waals surface area contributed by atoms with Crippen molar-refractivity contribution >= 4 is 5.82 Å². The summed E-state index contributed by atoms with van der Waals surface area (Å²) in [6, 6.07) is 12.4. The Morgan fingerprint density at radius 3 is 2.74 bits per heavy atom. The minimum atomic E-state index is 0.315. The number of anilines is 1. The average molecular weight is 310 g/mol. The molecule has 3 rings (SSSR count). The number of benzene rings is 1. The van der Waals surface area contributed by atoms with Gasteiger partial charge in [-0.1, -0.05) is 44.2 Å². The zero-order valence-corrected chi connectivity index (χ0v) is 14.0. The smallest absolute Gasteiger partial charge is 0.133 e. The minimum absolute atomic E-state index is 0.315. The number of hydrogen-bond acceptors (Lipinski definition) is 4. The molecule has 0 bridgehead atoms.